The fourth-order valence-corrected chi connectivity index (χ4v) is 4.91. The number of methoxy groups -OCH3 is 1. The van der Waals surface area contributed by atoms with Crippen molar-refractivity contribution in [1.82, 2.24) is 4.90 Å². The van der Waals surface area contributed by atoms with Gasteiger partial charge in [-0.05, 0) is 61.1 Å². The van der Waals surface area contributed by atoms with Crippen LogP contribution in [-0.4, -0.2) is 53.3 Å². The number of anilines is 1. The zero-order chi connectivity index (χ0) is 22.6. The number of thioether (sulfide) groups is 1. The van der Waals surface area contributed by atoms with Crippen molar-refractivity contribution in [2.75, 3.05) is 31.3 Å². The van der Waals surface area contributed by atoms with Gasteiger partial charge in [0.25, 0.3) is 0 Å². The number of nitrogens with zero attached hydrogens (tertiary/aromatic N) is 3. The van der Waals surface area contributed by atoms with Gasteiger partial charge in [0.1, 0.15) is 10.8 Å². The molecule has 4 rings (SSSR count). The normalized spacial score (nSPS) is 17.2. The fourth-order valence-electron chi connectivity index (χ4n) is 3.98. The Morgan fingerprint density at radius 3 is 2.56 bits per heavy atom. The van der Waals surface area contributed by atoms with Crippen LogP contribution >= 0.6 is 11.8 Å². The number of aryl methyl sites for hydroxylation is 1. The highest BCUT2D eigenvalue weighted by Crippen LogP contribution is 2.36. The molecule has 7 heteroatoms. The molecule has 0 unspecified atom stereocenters. The lowest BCUT2D eigenvalue weighted by molar-refractivity contribution is 0.175. The molecule has 1 fully saturated rings. The summed E-state index contributed by atoms with van der Waals surface area (Å²) in [5, 5.41) is 4.02. The Morgan fingerprint density at radius 2 is 1.91 bits per heavy atom. The number of carbonyl (C=O) groups is 1. The van der Waals surface area contributed by atoms with Crippen LogP contribution in [0.25, 0.3) is 0 Å². The number of aliphatic imine (C=N–C) groups is 2. The Morgan fingerprint density at radius 1 is 1.16 bits per heavy atom. The Hall–Kier alpha value is -2.80. The second-order valence-electron chi connectivity index (χ2n) is 8.22. The minimum absolute atomic E-state index is 0.0626. The van der Waals surface area contributed by atoms with Gasteiger partial charge in [0.15, 0.2) is 5.66 Å². The molecule has 2 heterocycles. The van der Waals surface area contributed by atoms with Gasteiger partial charge in [0.2, 0.25) is 0 Å². The molecule has 6 nitrogen and oxygen atoms in total. The number of amides is 2. The van der Waals surface area contributed by atoms with Crippen LogP contribution in [0.1, 0.15) is 37.3 Å². The molecule has 0 atom stereocenters. The largest absolute Gasteiger partial charge is 0.497 e. The van der Waals surface area contributed by atoms with Gasteiger partial charge in [0.05, 0.1) is 12.8 Å². The lowest BCUT2D eigenvalue weighted by Crippen LogP contribution is -2.46. The number of piperidine rings is 1. The van der Waals surface area contributed by atoms with Crippen LogP contribution in [0.5, 0.6) is 5.75 Å². The molecule has 2 aromatic carbocycles. The topological polar surface area (TPSA) is 66.3 Å². The molecule has 32 heavy (non-hydrogen) atoms. The third kappa shape index (κ3) is 4.99. The zero-order valence-electron chi connectivity index (χ0n) is 18.9. The summed E-state index contributed by atoms with van der Waals surface area (Å²) >= 11 is 1.77. The van der Waals surface area contributed by atoms with Crippen molar-refractivity contribution in [3.05, 3.63) is 59.7 Å². The van der Waals surface area contributed by atoms with Gasteiger partial charge in [-0.2, -0.15) is 0 Å². The average Bonchev–Trinajstić information content (AvgIpc) is 3.16. The molecule has 2 amide bonds. The molecule has 168 valence electrons. The molecule has 2 aliphatic rings. The summed E-state index contributed by atoms with van der Waals surface area (Å²) in [5.74, 6) is 1.84. The van der Waals surface area contributed by atoms with Crippen LogP contribution in [0.2, 0.25) is 0 Å². The maximum atomic E-state index is 12.8. The van der Waals surface area contributed by atoms with Gasteiger partial charge in [-0.3, -0.25) is 4.99 Å². The van der Waals surface area contributed by atoms with Gasteiger partial charge in [0, 0.05) is 37.2 Å². The molecule has 0 aliphatic carbocycles. The van der Waals surface area contributed by atoms with Gasteiger partial charge in [-0.1, -0.05) is 19.1 Å². The van der Waals surface area contributed by atoms with Crippen molar-refractivity contribution in [3.63, 3.8) is 0 Å². The fraction of sp³-hybridized carbons (Fsp3) is 0.400. The molecule has 0 saturated carbocycles. The number of hydrogen-bond donors (Lipinski definition) is 1. The molecule has 2 aliphatic heterocycles. The first-order chi connectivity index (χ1) is 15.5. The molecular formula is C25H30N4O2S. The highest BCUT2D eigenvalue weighted by atomic mass is 32.2. The van der Waals surface area contributed by atoms with Crippen LogP contribution < -0.4 is 10.1 Å². The number of urea groups is 1. The SMILES string of the molecule is CCCSC1=NC2(CCN(C(=O)Nc3cccc(C)c3)CC2)N=C1c1ccc(OC)cc1. The van der Waals surface area contributed by atoms with Gasteiger partial charge < -0.3 is 15.0 Å². The van der Waals surface area contributed by atoms with E-state index in [2.05, 4.69) is 12.2 Å². The molecule has 0 radical (unpaired) electrons. The highest BCUT2D eigenvalue weighted by Gasteiger charge is 2.40. The molecular weight excluding hydrogens is 420 g/mol. The lowest BCUT2D eigenvalue weighted by atomic mass is 9.98. The minimum atomic E-state index is -0.467. The Labute approximate surface area is 194 Å². The van der Waals surface area contributed by atoms with E-state index in [-0.39, 0.29) is 6.03 Å². The van der Waals surface area contributed by atoms with Crippen molar-refractivity contribution in [2.45, 2.75) is 38.8 Å². The summed E-state index contributed by atoms with van der Waals surface area (Å²) in [5.41, 5.74) is 3.50. The maximum Gasteiger partial charge on any atom is 0.321 e. The van der Waals surface area contributed by atoms with Gasteiger partial charge >= 0.3 is 6.03 Å². The highest BCUT2D eigenvalue weighted by molar-refractivity contribution is 8.15. The first kappa shape index (κ1) is 22.4. The molecule has 2 aromatic rings. The van der Waals surface area contributed by atoms with E-state index in [0.29, 0.717) is 13.1 Å². The Kier molecular flexibility index (Phi) is 6.84. The van der Waals surface area contributed by atoms with Crippen molar-refractivity contribution in [3.8, 4) is 5.75 Å². The third-order valence-electron chi connectivity index (χ3n) is 5.76. The summed E-state index contributed by atoms with van der Waals surface area (Å²) in [6.45, 7) is 5.46. The van der Waals surface area contributed by atoms with Gasteiger partial charge in [-0.25, -0.2) is 9.79 Å². The van der Waals surface area contributed by atoms with E-state index in [9.17, 15) is 4.79 Å². The number of carbonyl (C=O) groups excluding carboxylic acids is 1. The molecule has 1 spiro atoms. The smallest absolute Gasteiger partial charge is 0.321 e. The first-order valence-corrected chi connectivity index (χ1v) is 12.1. The van der Waals surface area contributed by atoms with Crippen molar-refractivity contribution in [2.24, 2.45) is 9.98 Å². The second-order valence-corrected chi connectivity index (χ2v) is 9.31. The summed E-state index contributed by atoms with van der Waals surface area (Å²) in [6, 6.07) is 15.8. The van der Waals surface area contributed by atoms with Crippen LogP contribution in [0.4, 0.5) is 10.5 Å². The monoisotopic (exact) mass is 450 g/mol. The minimum Gasteiger partial charge on any atom is -0.497 e. The van der Waals surface area contributed by atoms with E-state index < -0.39 is 5.66 Å². The summed E-state index contributed by atoms with van der Waals surface area (Å²) in [6.07, 6.45) is 2.54. The number of likely N-dealkylation sites (tertiary alicyclic amines) is 1. The first-order valence-electron chi connectivity index (χ1n) is 11.1. The van der Waals surface area contributed by atoms with Crippen LogP contribution in [0.3, 0.4) is 0 Å². The van der Waals surface area contributed by atoms with Crippen molar-refractivity contribution < 1.29 is 9.53 Å². The quantitative estimate of drug-likeness (QED) is 0.666. The van der Waals surface area contributed by atoms with Crippen LogP contribution in [-0.2, 0) is 0 Å². The molecule has 1 N–H and O–H groups in total. The van der Waals surface area contributed by atoms with E-state index >= 15 is 0 Å². The standard InChI is InChI=1S/C25H30N4O2S/c1-4-16-32-23-22(19-8-10-21(31-3)11-9-19)27-25(28-23)12-14-29(15-13-25)24(30)26-20-7-5-6-18(2)17-20/h5-11,17H,4,12-16H2,1-3H3,(H,26,30). The van der Waals surface area contributed by atoms with E-state index in [4.69, 9.17) is 14.7 Å². The summed E-state index contributed by atoms with van der Waals surface area (Å²) in [4.78, 5) is 24.8. The van der Waals surface area contributed by atoms with E-state index in [1.54, 1.807) is 18.9 Å². The lowest BCUT2D eigenvalue weighted by Gasteiger charge is -2.35. The zero-order valence-corrected chi connectivity index (χ0v) is 19.7. The molecule has 1 saturated heterocycles. The number of benzene rings is 2. The maximum absolute atomic E-state index is 12.8. The van der Waals surface area contributed by atoms with Crippen LogP contribution in [0.15, 0.2) is 58.5 Å². The van der Waals surface area contributed by atoms with Gasteiger partial charge in [-0.15, -0.1) is 11.8 Å². The van der Waals surface area contributed by atoms with Crippen molar-refractivity contribution in [1.29, 1.82) is 0 Å². The average molecular weight is 451 g/mol. The predicted octanol–water partition coefficient (Wildman–Crippen LogP) is 5.37. The Bertz CT molecular complexity index is 1020. The summed E-state index contributed by atoms with van der Waals surface area (Å²) < 4.78 is 5.30. The van der Waals surface area contributed by atoms with E-state index in [0.717, 1.165) is 58.3 Å². The molecule has 0 bridgehead atoms. The summed E-state index contributed by atoms with van der Waals surface area (Å²) in [7, 11) is 1.67. The predicted molar refractivity (Wildman–Crippen MR) is 133 cm³/mol. The Balaban J connectivity index is 1.47. The number of hydrogen-bond acceptors (Lipinski definition) is 5. The number of rotatable bonds is 5. The number of nitrogens with one attached hydrogen (secondary N) is 1. The van der Waals surface area contributed by atoms with E-state index in [1.165, 1.54) is 0 Å². The number of ether oxygens (including phenoxy) is 1. The van der Waals surface area contributed by atoms with Crippen molar-refractivity contribution >= 4 is 34.2 Å². The molecule has 0 aromatic heterocycles. The second kappa shape index (κ2) is 9.77. The third-order valence-corrected chi connectivity index (χ3v) is 6.93. The van der Waals surface area contributed by atoms with E-state index in [1.807, 2.05) is 60.4 Å². The van der Waals surface area contributed by atoms with Crippen LogP contribution in [0, 0.1) is 6.92 Å².